The monoisotopic (exact) mass is 478 g/mol. The van der Waals surface area contributed by atoms with Crippen LogP contribution < -0.4 is 20.9 Å². The molecular formula is C20H19ClN4O6S. The molecule has 2 aliphatic heterocycles. The molecule has 2 aliphatic rings. The van der Waals surface area contributed by atoms with Crippen molar-refractivity contribution in [3.8, 4) is 0 Å². The topological polar surface area (TPSA) is 131 Å². The van der Waals surface area contributed by atoms with Gasteiger partial charge < -0.3 is 25.4 Å². The van der Waals surface area contributed by atoms with Crippen molar-refractivity contribution in [2.24, 2.45) is 5.73 Å². The molecule has 32 heavy (non-hydrogen) atoms. The number of benzene rings is 1. The molecule has 2 fully saturated rings. The number of thiophene rings is 1. The van der Waals surface area contributed by atoms with E-state index in [1.54, 1.807) is 36.4 Å². The second-order valence-corrected chi connectivity index (χ2v) is 8.87. The molecule has 2 atom stereocenters. The highest BCUT2D eigenvalue weighted by Crippen LogP contribution is 2.28. The molecule has 10 nitrogen and oxygen atoms in total. The lowest BCUT2D eigenvalue weighted by Gasteiger charge is -2.18. The molecule has 0 radical (unpaired) electrons. The Labute approximate surface area is 191 Å². The van der Waals surface area contributed by atoms with E-state index in [4.69, 9.17) is 26.8 Å². The molecule has 4 rings (SSSR count). The molecule has 0 spiro atoms. The van der Waals surface area contributed by atoms with E-state index in [9.17, 15) is 19.2 Å². The molecular weight excluding hydrogens is 460 g/mol. The summed E-state index contributed by atoms with van der Waals surface area (Å²) in [6, 6.07) is 10.1. The zero-order chi connectivity index (χ0) is 22.8. The van der Waals surface area contributed by atoms with E-state index < -0.39 is 24.4 Å². The number of primary amides is 1. The Morgan fingerprint density at radius 1 is 1.16 bits per heavy atom. The fourth-order valence-corrected chi connectivity index (χ4v) is 4.50. The smallest absolute Gasteiger partial charge is 0.414 e. The van der Waals surface area contributed by atoms with E-state index >= 15 is 0 Å². The van der Waals surface area contributed by atoms with E-state index in [-0.39, 0.29) is 24.9 Å². The quantitative estimate of drug-likeness (QED) is 0.655. The standard InChI is InChI=1S/C20H19ClN4O6S/c21-16-6-5-15(32-16)17(26)23-9-13-10-25(20(29)30-13)12-3-1-11(2-4-12)24-8-7-14(18(24)27)31-19(22)28/h1-6,13-14H,7-10H2,(H2,22,28)(H,23,26)/t13-,14?/m0/s1. The van der Waals surface area contributed by atoms with Crippen LogP contribution in [0, 0.1) is 0 Å². The fraction of sp³-hybridized carbons (Fsp3) is 0.300. The predicted octanol–water partition coefficient (Wildman–Crippen LogP) is 2.36. The summed E-state index contributed by atoms with van der Waals surface area (Å²) in [7, 11) is 0. The number of hydrogen-bond acceptors (Lipinski definition) is 7. The number of rotatable bonds is 6. The molecule has 0 saturated carbocycles. The van der Waals surface area contributed by atoms with Crippen LogP contribution in [0.2, 0.25) is 4.34 Å². The first-order valence-corrected chi connectivity index (χ1v) is 10.9. The summed E-state index contributed by atoms with van der Waals surface area (Å²) >= 11 is 7.01. The summed E-state index contributed by atoms with van der Waals surface area (Å²) in [4.78, 5) is 51.1. The van der Waals surface area contributed by atoms with Gasteiger partial charge >= 0.3 is 12.2 Å². The SMILES string of the molecule is NC(=O)OC1CCN(c2ccc(N3C[C@H](CNC(=O)c4ccc(Cl)s4)OC3=O)cc2)C1=O. The van der Waals surface area contributed by atoms with Gasteiger partial charge in [-0.25, -0.2) is 9.59 Å². The van der Waals surface area contributed by atoms with Crippen molar-refractivity contribution in [3.63, 3.8) is 0 Å². The summed E-state index contributed by atoms with van der Waals surface area (Å²) in [5.41, 5.74) is 6.20. The highest BCUT2D eigenvalue weighted by Gasteiger charge is 2.36. The third-order valence-corrected chi connectivity index (χ3v) is 6.28. The van der Waals surface area contributed by atoms with E-state index in [0.29, 0.717) is 33.6 Å². The molecule has 1 aromatic heterocycles. The highest BCUT2D eigenvalue weighted by atomic mass is 35.5. The third-order valence-electron chi connectivity index (χ3n) is 5.05. The summed E-state index contributed by atoms with van der Waals surface area (Å²) in [6.45, 7) is 0.818. The third kappa shape index (κ3) is 4.63. The van der Waals surface area contributed by atoms with Gasteiger partial charge in [-0.15, -0.1) is 11.3 Å². The molecule has 12 heteroatoms. The average Bonchev–Trinajstić information content (AvgIpc) is 3.46. The van der Waals surface area contributed by atoms with Crippen molar-refractivity contribution >= 4 is 58.3 Å². The maximum atomic E-state index is 12.4. The Bertz CT molecular complexity index is 1060. The fourth-order valence-electron chi connectivity index (χ4n) is 3.54. The zero-order valence-corrected chi connectivity index (χ0v) is 18.2. The van der Waals surface area contributed by atoms with E-state index in [1.807, 2.05) is 0 Å². The van der Waals surface area contributed by atoms with Gasteiger partial charge in [-0.1, -0.05) is 11.6 Å². The van der Waals surface area contributed by atoms with Crippen LogP contribution in [-0.4, -0.2) is 55.8 Å². The minimum absolute atomic E-state index is 0.165. The second-order valence-electron chi connectivity index (χ2n) is 7.15. The summed E-state index contributed by atoms with van der Waals surface area (Å²) < 4.78 is 10.7. The van der Waals surface area contributed by atoms with Crippen molar-refractivity contribution in [1.29, 1.82) is 0 Å². The number of nitrogens with one attached hydrogen (secondary N) is 1. The first-order valence-electron chi connectivity index (χ1n) is 9.71. The minimum Gasteiger partial charge on any atom is -0.442 e. The minimum atomic E-state index is -0.988. The van der Waals surface area contributed by atoms with Gasteiger partial charge in [0.15, 0.2) is 6.10 Å². The Balaban J connectivity index is 1.34. The van der Waals surface area contributed by atoms with Crippen LogP contribution in [0.15, 0.2) is 36.4 Å². The molecule has 1 unspecified atom stereocenters. The number of amides is 4. The van der Waals surface area contributed by atoms with Gasteiger partial charge in [0.25, 0.3) is 11.8 Å². The van der Waals surface area contributed by atoms with Crippen molar-refractivity contribution < 1.29 is 28.7 Å². The molecule has 3 heterocycles. The van der Waals surface area contributed by atoms with Crippen molar-refractivity contribution in [2.75, 3.05) is 29.4 Å². The number of ether oxygens (including phenoxy) is 2. The number of halogens is 1. The number of anilines is 2. The largest absolute Gasteiger partial charge is 0.442 e. The van der Waals surface area contributed by atoms with Gasteiger partial charge in [0.2, 0.25) is 0 Å². The Kier molecular flexibility index (Phi) is 6.19. The number of cyclic esters (lactones) is 1. The van der Waals surface area contributed by atoms with Crippen molar-refractivity contribution in [1.82, 2.24) is 5.32 Å². The van der Waals surface area contributed by atoms with Crippen molar-refractivity contribution in [3.05, 3.63) is 45.6 Å². The van der Waals surface area contributed by atoms with Gasteiger partial charge in [0.1, 0.15) is 6.10 Å². The zero-order valence-electron chi connectivity index (χ0n) is 16.7. The van der Waals surface area contributed by atoms with E-state index in [0.717, 1.165) is 0 Å². The number of hydrogen-bond donors (Lipinski definition) is 2. The van der Waals surface area contributed by atoms with Gasteiger partial charge in [-0.2, -0.15) is 0 Å². The predicted molar refractivity (Wildman–Crippen MR) is 117 cm³/mol. The molecule has 2 saturated heterocycles. The van der Waals surface area contributed by atoms with Crippen LogP contribution in [0.4, 0.5) is 21.0 Å². The molecule has 4 amide bonds. The van der Waals surface area contributed by atoms with Crippen LogP contribution in [0.1, 0.15) is 16.1 Å². The number of nitrogens with zero attached hydrogens (tertiary/aromatic N) is 2. The number of nitrogens with two attached hydrogens (primary N) is 1. The summed E-state index contributed by atoms with van der Waals surface area (Å²) in [5.74, 6) is -0.630. The van der Waals surface area contributed by atoms with E-state index in [2.05, 4.69) is 5.32 Å². The maximum absolute atomic E-state index is 12.4. The highest BCUT2D eigenvalue weighted by molar-refractivity contribution is 7.18. The number of carbonyl (C=O) groups excluding carboxylic acids is 4. The molecule has 2 aromatic rings. The molecule has 1 aromatic carbocycles. The molecule has 168 valence electrons. The van der Waals surface area contributed by atoms with Crippen LogP contribution >= 0.6 is 22.9 Å². The summed E-state index contributed by atoms with van der Waals surface area (Å²) in [5, 5.41) is 2.74. The lowest BCUT2D eigenvalue weighted by Crippen LogP contribution is -2.34. The lowest BCUT2D eigenvalue weighted by atomic mass is 10.2. The molecule has 0 aliphatic carbocycles. The van der Waals surface area contributed by atoms with Crippen molar-refractivity contribution in [2.45, 2.75) is 18.6 Å². The summed E-state index contributed by atoms with van der Waals surface area (Å²) in [6.07, 6.45) is -2.55. The second kappa shape index (κ2) is 9.05. The van der Waals surface area contributed by atoms with Gasteiger partial charge in [0, 0.05) is 24.3 Å². The van der Waals surface area contributed by atoms with Crippen LogP contribution in [0.25, 0.3) is 0 Å². The van der Waals surface area contributed by atoms with Crippen LogP contribution in [0.5, 0.6) is 0 Å². The van der Waals surface area contributed by atoms with Gasteiger partial charge in [-0.05, 0) is 36.4 Å². The lowest BCUT2D eigenvalue weighted by molar-refractivity contribution is -0.124. The van der Waals surface area contributed by atoms with Crippen LogP contribution in [-0.2, 0) is 14.3 Å². The van der Waals surface area contributed by atoms with E-state index in [1.165, 1.54) is 21.1 Å². The van der Waals surface area contributed by atoms with Gasteiger partial charge in [0.05, 0.1) is 22.3 Å². The number of carbonyl (C=O) groups is 4. The Morgan fingerprint density at radius 2 is 1.84 bits per heavy atom. The van der Waals surface area contributed by atoms with Crippen LogP contribution in [0.3, 0.4) is 0 Å². The normalized spacial score (nSPS) is 20.4. The first-order chi connectivity index (χ1) is 15.3. The molecule has 3 N–H and O–H groups in total. The molecule has 0 bridgehead atoms. The Hall–Kier alpha value is -3.31. The maximum Gasteiger partial charge on any atom is 0.414 e. The van der Waals surface area contributed by atoms with Gasteiger partial charge in [-0.3, -0.25) is 14.5 Å². The first kappa shape index (κ1) is 21.9. The average molecular weight is 479 g/mol. The Morgan fingerprint density at radius 3 is 2.47 bits per heavy atom.